The maximum atomic E-state index is 12.4. The molecule has 1 aliphatic heterocycles. The van der Waals surface area contributed by atoms with Gasteiger partial charge in [0.2, 0.25) is 11.9 Å². The Bertz CT molecular complexity index is 551. The van der Waals surface area contributed by atoms with Crippen molar-refractivity contribution in [3.63, 3.8) is 0 Å². The zero-order valence-electron chi connectivity index (χ0n) is 12.4. The Kier molecular flexibility index (Phi) is 3.96. The molecule has 0 radical (unpaired) electrons. The quantitative estimate of drug-likeness (QED) is 0.884. The summed E-state index contributed by atoms with van der Waals surface area (Å²) in [5.41, 5.74) is -0.809. The molecule has 1 aliphatic carbocycles. The van der Waals surface area contributed by atoms with Crippen LogP contribution in [0.15, 0.2) is 18.5 Å². The number of carbonyl (C=O) groups is 2. The van der Waals surface area contributed by atoms with Gasteiger partial charge >= 0.3 is 5.97 Å². The third kappa shape index (κ3) is 2.75. The molecule has 2 fully saturated rings. The molecule has 0 aromatic carbocycles. The summed E-state index contributed by atoms with van der Waals surface area (Å²) in [5.74, 6) is -0.199. The van der Waals surface area contributed by atoms with Crippen LogP contribution in [0.5, 0.6) is 0 Å². The molecule has 118 valence electrons. The molecule has 1 N–H and O–H groups in total. The predicted molar refractivity (Wildman–Crippen MR) is 79.4 cm³/mol. The highest BCUT2D eigenvalue weighted by Gasteiger charge is 2.46. The van der Waals surface area contributed by atoms with Crippen molar-refractivity contribution in [1.82, 2.24) is 14.9 Å². The molecule has 1 amide bonds. The van der Waals surface area contributed by atoms with E-state index < -0.39 is 11.4 Å². The Balaban J connectivity index is 1.55. The topological polar surface area (TPSA) is 86.6 Å². The van der Waals surface area contributed by atoms with Gasteiger partial charge in [-0.15, -0.1) is 0 Å². The van der Waals surface area contributed by atoms with Crippen molar-refractivity contribution in [3.8, 4) is 0 Å². The lowest BCUT2D eigenvalue weighted by atomic mass is 9.66. The van der Waals surface area contributed by atoms with Crippen LogP contribution in [0.3, 0.4) is 0 Å². The van der Waals surface area contributed by atoms with Gasteiger partial charge in [0.1, 0.15) is 0 Å². The first kappa shape index (κ1) is 14.7. The van der Waals surface area contributed by atoms with Gasteiger partial charge in [-0.25, -0.2) is 9.97 Å². The van der Waals surface area contributed by atoms with E-state index >= 15 is 0 Å². The van der Waals surface area contributed by atoms with Crippen molar-refractivity contribution < 1.29 is 14.7 Å². The van der Waals surface area contributed by atoms with E-state index in [2.05, 4.69) is 9.97 Å². The van der Waals surface area contributed by atoms with Gasteiger partial charge in [0.05, 0.1) is 5.41 Å². The first-order valence-corrected chi connectivity index (χ1v) is 7.64. The van der Waals surface area contributed by atoms with Gasteiger partial charge in [-0.3, -0.25) is 9.59 Å². The van der Waals surface area contributed by atoms with Gasteiger partial charge in [-0.1, -0.05) is 6.42 Å². The lowest BCUT2D eigenvalue weighted by Crippen LogP contribution is -2.51. The molecule has 1 aromatic heterocycles. The highest BCUT2D eigenvalue weighted by Crippen LogP contribution is 2.44. The number of aromatic nitrogens is 2. The van der Waals surface area contributed by atoms with E-state index in [0.29, 0.717) is 45.0 Å². The minimum atomic E-state index is -0.830. The molecule has 2 aliphatic rings. The average Bonchev–Trinajstić information content (AvgIpc) is 2.51. The SMILES string of the molecule is O=C(CC1(C(=O)O)CCC1)N1CCN(c2ncccn2)CC1. The Hall–Kier alpha value is -2.18. The molecular formula is C15H20N4O3. The fourth-order valence-electron chi connectivity index (χ4n) is 3.08. The normalized spacial score (nSPS) is 20.4. The first-order valence-electron chi connectivity index (χ1n) is 7.64. The maximum absolute atomic E-state index is 12.4. The van der Waals surface area contributed by atoms with E-state index in [0.717, 1.165) is 6.42 Å². The summed E-state index contributed by atoms with van der Waals surface area (Å²) in [6.45, 7) is 2.53. The summed E-state index contributed by atoms with van der Waals surface area (Å²) >= 11 is 0. The van der Waals surface area contributed by atoms with Crippen LogP contribution < -0.4 is 4.90 Å². The van der Waals surface area contributed by atoms with Crippen molar-refractivity contribution in [3.05, 3.63) is 18.5 Å². The van der Waals surface area contributed by atoms with E-state index in [4.69, 9.17) is 0 Å². The van der Waals surface area contributed by atoms with Crippen LogP contribution in [-0.4, -0.2) is 58.0 Å². The molecule has 3 rings (SSSR count). The lowest BCUT2D eigenvalue weighted by Gasteiger charge is -2.40. The molecule has 2 heterocycles. The molecule has 7 nitrogen and oxygen atoms in total. The third-order valence-electron chi connectivity index (χ3n) is 4.72. The average molecular weight is 304 g/mol. The maximum Gasteiger partial charge on any atom is 0.310 e. The number of amides is 1. The summed E-state index contributed by atoms with van der Waals surface area (Å²) in [4.78, 5) is 36.0. The minimum absolute atomic E-state index is 0.0456. The summed E-state index contributed by atoms with van der Waals surface area (Å²) in [6, 6.07) is 1.77. The van der Waals surface area contributed by atoms with E-state index in [9.17, 15) is 14.7 Å². The molecule has 22 heavy (non-hydrogen) atoms. The largest absolute Gasteiger partial charge is 0.481 e. The number of hydrogen-bond donors (Lipinski definition) is 1. The molecule has 7 heteroatoms. The van der Waals surface area contributed by atoms with Crippen LogP contribution in [0.1, 0.15) is 25.7 Å². The molecule has 0 atom stereocenters. The van der Waals surface area contributed by atoms with Crippen molar-refractivity contribution in [1.29, 1.82) is 0 Å². The summed E-state index contributed by atoms with van der Waals surface area (Å²) < 4.78 is 0. The van der Waals surface area contributed by atoms with Crippen LogP contribution in [-0.2, 0) is 9.59 Å². The standard InChI is InChI=1S/C15H20N4O3/c20-12(11-15(13(21)22)3-1-4-15)18-7-9-19(10-8-18)14-16-5-2-6-17-14/h2,5-6H,1,3-4,7-11H2,(H,21,22). The second-order valence-corrected chi connectivity index (χ2v) is 6.03. The highest BCUT2D eigenvalue weighted by atomic mass is 16.4. The van der Waals surface area contributed by atoms with Crippen LogP contribution in [0.25, 0.3) is 0 Å². The van der Waals surface area contributed by atoms with Crippen LogP contribution in [0.4, 0.5) is 5.95 Å². The molecule has 0 spiro atoms. The van der Waals surface area contributed by atoms with E-state index in [1.165, 1.54) is 0 Å². The number of hydrogen-bond acceptors (Lipinski definition) is 5. The molecule has 1 aromatic rings. The number of aliphatic carboxylic acids is 1. The van der Waals surface area contributed by atoms with E-state index in [1.807, 2.05) is 4.90 Å². The van der Waals surface area contributed by atoms with Crippen molar-refractivity contribution in [2.24, 2.45) is 5.41 Å². The summed E-state index contributed by atoms with van der Waals surface area (Å²) in [6.07, 6.45) is 5.67. The zero-order valence-corrected chi connectivity index (χ0v) is 12.4. The van der Waals surface area contributed by atoms with Crippen LogP contribution in [0, 0.1) is 5.41 Å². The van der Waals surface area contributed by atoms with Crippen molar-refractivity contribution in [2.75, 3.05) is 31.1 Å². The number of carbonyl (C=O) groups excluding carboxylic acids is 1. The van der Waals surface area contributed by atoms with E-state index in [1.54, 1.807) is 23.4 Å². The van der Waals surface area contributed by atoms with Crippen LogP contribution in [0.2, 0.25) is 0 Å². The minimum Gasteiger partial charge on any atom is -0.481 e. The Morgan fingerprint density at radius 2 is 1.77 bits per heavy atom. The highest BCUT2D eigenvalue weighted by molar-refractivity contribution is 5.85. The monoisotopic (exact) mass is 304 g/mol. The Labute approximate surface area is 129 Å². The Morgan fingerprint density at radius 1 is 1.14 bits per heavy atom. The fraction of sp³-hybridized carbons (Fsp3) is 0.600. The molecule has 1 saturated carbocycles. The number of carboxylic acid groups (broad SMARTS) is 1. The molecule has 0 unspecified atom stereocenters. The number of anilines is 1. The predicted octanol–water partition coefficient (Wildman–Crippen LogP) is 0.770. The van der Waals surface area contributed by atoms with Gasteiger partial charge in [0.25, 0.3) is 0 Å². The van der Waals surface area contributed by atoms with Gasteiger partial charge in [0, 0.05) is 45.0 Å². The van der Waals surface area contributed by atoms with Gasteiger partial charge in [-0.2, -0.15) is 0 Å². The van der Waals surface area contributed by atoms with Gasteiger partial charge < -0.3 is 14.9 Å². The molecular weight excluding hydrogens is 284 g/mol. The number of carboxylic acids is 1. The summed E-state index contributed by atoms with van der Waals surface area (Å²) in [5, 5.41) is 9.33. The summed E-state index contributed by atoms with van der Waals surface area (Å²) in [7, 11) is 0. The van der Waals surface area contributed by atoms with Gasteiger partial charge in [-0.05, 0) is 18.9 Å². The second-order valence-electron chi connectivity index (χ2n) is 6.03. The van der Waals surface area contributed by atoms with Crippen LogP contribution >= 0.6 is 0 Å². The number of piperazine rings is 1. The molecule has 1 saturated heterocycles. The smallest absolute Gasteiger partial charge is 0.310 e. The lowest BCUT2D eigenvalue weighted by molar-refractivity contribution is -0.159. The fourth-order valence-corrected chi connectivity index (χ4v) is 3.08. The molecule has 0 bridgehead atoms. The second kappa shape index (κ2) is 5.90. The number of rotatable bonds is 4. The third-order valence-corrected chi connectivity index (χ3v) is 4.72. The van der Waals surface area contributed by atoms with Gasteiger partial charge in [0.15, 0.2) is 0 Å². The van der Waals surface area contributed by atoms with Crippen molar-refractivity contribution >= 4 is 17.8 Å². The van der Waals surface area contributed by atoms with Crippen molar-refractivity contribution in [2.45, 2.75) is 25.7 Å². The Morgan fingerprint density at radius 3 is 2.27 bits per heavy atom. The van der Waals surface area contributed by atoms with E-state index in [-0.39, 0.29) is 12.3 Å². The zero-order chi connectivity index (χ0) is 15.6. The number of nitrogens with zero attached hydrogens (tertiary/aromatic N) is 4. The first-order chi connectivity index (χ1) is 10.6.